The molecule has 0 aromatic heterocycles. The zero-order valence-corrected chi connectivity index (χ0v) is 25.3. The van der Waals surface area contributed by atoms with E-state index < -0.39 is 0 Å². The second-order valence-corrected chi connectivity index (χ2v) is 12.1. The first kappa shape index (κ1) is 26.4. The Bertz CT molecular complexity index is 2550. The average Bonchev–Trinajstić information content (AvgIpc) is 3.14. The van der Waals surface area contributed by atoms with Gasteiger partial charge in [-0.3, -0.25) is 0 Å². The molecule has 0 amide bonds. The van der Waals surface area contributed by atoms with E-state index in [9.17, 15) is 0 Å². The number of hydrogen-bond acceptors (Lipinski definition) is 0. The van der Waals surface area contributed by atoms with E-state index in [4.69, 9.17) is 0 Å². The van der Waals surface area contributed by atoms with Gasteiger partial charge in [0.1, 0.15) is 0 Å². The van der Waals surface area contributed by atoms with Crippen LogP contribution in [-0.4, -0.2) is 0 Å². The van der Waals surface area contributed by atoms with Crippen molar-refractivity contribution in [3.63, 3.8) is 0 Å². The third kappa shape index (κ3) is 4.38. The molecule has 0 atom stereocenters. The first-order valence-electron chi connectivity index (χ1n) is 15.9. The van der Waals surface area contributed by atoms with Crippen LogP contribution < -0.4 is 0 Å². The highest BCUT2D eigenvalue weighted by Crippen LogP contribution is 2.46. The van der Waals surface area contributed by atoms with Crippen LogP contribution in [0.3, 0.4) is 0 Å². The van der Waals surface area contributed by atoms with Gasteiger partial charge in [-0.15, -0.1) is 0 Å². The zero-order chi connectivity index (χ0) is 30.5. The summed E-state index contributed by atoms with van der Waals surface area (Å²) in [5, 5.41) is 10.1. The molecule has 0 aliphatic carbocycles. The minimum atomic E-state index is 1.22. The molecule has 0 nitrogen and oxygen atoms in total. The van der Waals surface area contributed by atoms with Gasteiger partial charge in [0.15, 0.2) is 0 Å². The Labute approximate surface area is 268 Å². The van der Waals surface area contributed by atoms with Crippen molar-refractivity contribution in [2.45, 2.75) is 0 Å². The summed E-state index contributed by atoms with van der Waals surface area (Å²) < 4.78 is 0. The van der Waals surface area contributed by atoms with Crippen LogP contribution in [0.15, 0.2) is 182 Å². The summed E-state index contributed by atoms with van der Waals surface area (Å²) >= 11 is 0. The fraction of sp³-hybridized carbons (Fsp3) is 0. The van der Waals surface area contributed by atoms with Gasteiger partial charge < -0.3 is 0 Å². The van der Waals surface area contributed by atoms with Gasteiger partial charge in [0.25, 0.3) is 0 Å². The van der Waals surface area contributed by atoms with Crippen molar-refractivity contribution in [1.29, 1.82) is 0 Å². The van der Waals surface area contributed by atoms with Gasteiger partial charge in [-0.2, -0.15) is 0 Å². The van der Waals surface area contributed by atoms with Crippen molar-refractivity contribution in [3.8, 4) is 44.5 Å². The Morgan fingerprint density at radius 3 is 1.57 bits per heavy atom. The van der Waals surface area contributed by atoms with E-state index in [2.05, 4.69) is 182 Å². The van der Waals surface area contributed by atoms with E-state index in [0.717, 1.165) is 0 Å². The molecular weight excluding hydrogens is 553 g/mol. The lowest BCUT2D eigenvalue weighted by Crippen LogP contribution is -1.92. The van der Waals surface area contributed by atoms with Crippen molar-refractivity contribution < 1.29 is 0 Å². The van der Waals surface area contributed by atoms with Crippen LogP contribution in [-0.2, 0) is 0 Å². The van der Waals surface area contributed by atoms with E-state index in [0.29, 0.717) is 0 Å². The van der Waals surface area contributed by atoms with E-state index in [1.807, 2.05) is 0 Å². The highest BCUT2D eigenvalue weighted by molar-refractivity contribution is 6.22. The van der Waals surface area contributed by atoms with Gasteiger partial charge in [-0.25, -0.2) is 0 Å². The lowest BCUT2D eigenvalue weighted by molar-refractivity contribution is 1.61. The molecule has 9 aromatic carbocycles. The fourth-order valence-corrected chi connectivity index (χ4v) is 7.24. The van der Waals surface area contributed by atoms with Crippen LogP contribution in [0, 0.1) is 0 Å². The van der Waals surface area contributed by atoms with Gasteiger partial charge >= 0.3 is 0 Å². The molecule has 46 heavy (non-hydrogen) atoms. The molecule has 0 aliphatic rings. The molecule has 0 unspecified atom stereocenters. The van der Waals surface area contributed by atoms with Crippen molar-refractivity contribution in [3.05, 3.63) is 182 Å². The highest BCUT2D eigenvalue weighted by atomic mass is 14.2. The van der Waals surface area contributed by atoms with Gasteiger partial charge in [-0.1, -0.05) is 170 Å². The first-order chi connectivity index (χ1) is 22.8. The van der Waals surface area contributed by atoms with E-state index in [-0.39, 0.29) is 0 Å². The Kier molecular flexibility index (Phi) is 6.25. The van der Waals surface area contributed by atoms with E-state index >= 15 is 0 Å². The zero-order valence-electron chi connectivity index (χ0n) is 25.3. The molecule has 214 valence electrons. The van der Waals surface area contributed by atoms with E-state index in [1.165, 1.54) is 87.6 Å². The van der Waals surface area contributed by atoms with Crippen LogP contribution in [0.25, 0.3) is 87.6 Å². The summed E-state index contributed by atoms with van der Waals surface area (Å²) in [4.78, 5) is 0. The minimum absolute atomic E-state index is 1.22. The number of rotatable bonds is 4. The average molecular weight is 583 g/mol. The fourth-order valence-electron chi connectivity index (χ4n) is 7.24. The van der Waals surface area contributed by atoms with Crippen molar-refractivity contribution >= 4 is 43.1 Å². The van der Waals surface area contributed by atoms with Crippen LogP contribution in [0.4, 0.5) is 0 Å². The molecule has 0 heteroatoms. The Morgan fingerprint density at radius 2 is 0.739 bits per heavy atom. The second-order valence-electron chi connectivity index (χ2n) is 12.1. The Balaban J connectivity index is 1.31. The van der Waals surface area contributed by atoms with Gasteiger partial charge in [-0.05, 0) is 99.7 Å². The summed E-state index contributed by atoms with van der Waals surface area (Å²) in [6, 6.07) is 66.6. The molecule has 9 rings (SSSR count). The maximum Gasteiger partial charge on any atom is -0.00201 e. The van der Waals surface area contributed by atoms with Gasteiger partial charge in [0, 0.05) is 0 Å². The lowest BCUT2D eigenvalue weighted by atomic mass is 9.83. The number of hydrogen-bond donors (Lipinski definition) is 0. The Morgan fingerprint density at radius 1 is 0.217 bits per heavy atom. The first-order valence-corrected chi connectivity index (χ1v) is 15.9. The second kappa shape index (κ2) is 10.9. The van der Waals surface area contributed by atoms with Crippen LogP contribution in [0.1, 0.15) is 0 Å². The van der Waals surface area contributed by atoms with Crippen LogP contribution >= 0.6 is 0 Å². The molecule has 0 saturated heterocycles. The molecule has 0 N–H and O–H groups in total. The van der Waals surface area contributed by atoms with Gasteiger partial charge in [0.05, 0.1) is 0 Å². The SMILES string of the molecule is c1ccc(-c2c(-c3ccc(-c4cccc5ccccc45)cc3)c3ccccc3c3ccc(-c4ccc5ccccc5c4)cc23)cc1. The van der Waals surface area contributed by atoms with Crippen molar-refractivity contribution in [1.82, 2.24) is 0 Å². The van der Waals surface area contributed by atoms with Crippen LogP contribution in [0.5, 0.6) is 0 Å². The summed E-state index contributed by atoms with van der Waals surface area (Å²) in [5.74, 6) is 0. The summed E-state index contributed by atoms with van der Waals surface area (Å²) in [6.45, 7) is 0. The maximum atomic E-state index is 2.40. The predicted molar refractivity (Wildman–Crippen MR) is 198 cm³/mol. The summed E-state index contributed by atoms with van der Waals surface area (Å²) in [5.41, 5.74) is 9.93. The highest BCUT2D eigenvalue weighted by Gasteiger charge is 2.18. The monoisotopic (exact) mass is 582 g/mol. The molecule has 0 aliphatic heterocycles. The molecule has 0 spiro atoms. The molecular formula is C46H30. The summed E-state index contributed by atoms with van der Waals surface area (Å²) in [6.07, 6.45) is 0. The van der Waals surface area contributed by atoms with Gasteiger partial charge in [0.2, 0.25) is 0 Å². The maximum absolute atomic E-state index is 2.40. The minimum Gasteiger partial charge on any atom is -0.0622 e. The molecule has 9 aromatic rings. The van der Waals surface area contributed by atoms with E-state index in [1.54, 1.807) is 0 Å². The predicted octanol–water partition coefficient (Wildman–Crippen LogP) is 13.0. The largest absolute Gasteiger partial charge is 0.0622 e. The standard InChI is InChI=1S/C46H30/c1-2-13-34(14-3-1)46-44-30-38(37-26-21-31-11-4-5-15-36(31)29-37)27-28-42(44)41-18-8-9-19-43(41)45(46)35-24-22-33(23-25-35)40-20-10-16-32-12-6-7-17-39(32)40/h1-30H. The molecule has 0 fully saturated rings. The number of benzene rings is 9. The third-order valence-corrected chi connectivity index (χ3v) is 9.44. The molecule has 0 saturated carbocycles. The molecule has 0 heterocycles. The quantitative estimate of drug-likeness (QED) is 0.181. The smallest absolute Gasteiger partial charge is 0.00201 e. The molecule has 0 bridgehead atoms. The topological polar surface area (TPSA) is 0 Å². The number of fused-ring (bicyclic) bond motifs is 5. The normalized spacial score (nSPS) is 11.5. The molecule has 0 radical (unpaired) electrons. The van der Waals surface area contributed by atoms with Crippen LogP contribution in [0.2, 0.25) is 0 Å². The van der Waals surface area contributed by atoms with Crippen molar-refractivity contribution in [2.75, 3.05) is 0 Å². The summed E-state index contributed by atoms with van der Waals surface area (Å²) in [7, 11) is 0. The Hall–Kier alpha value is -5.98. The third-order valence-electron chi connectivity index (χ3n) is 9.44. The van der Waals surface area contributed by atoms with Crippen molar-refractivity contribution in [2.24, 2.45) is 0 Å². The lowest BCUT2D eigenvalue weighted by Gasteiger charge is -2.20.